The first-order valence-corrected chi connectivity index (χ1v) is 7.05. The zero-order valence-electron chi connectivity index (χ0n) is 11.3. The Balaban J connectivity index is 2.14. The molecule has 0 bridgehead atoms. The monoisotopic (exact) mass is 286 g/mol. The fourth-order valence-corrected chi connectivity index (χ4v) is 3.64. The molecular formula is C15H20Cl2O. The van der Waals surface area contributed by atoms with Crippen molar-refractivity contribution < 1.29 is 5.11 Å². The molecule has 18 heavy (non-hydrogen) atoms. The summed E-state index contributed by atoms with van der Waals surface area (Å²) in [5.74, 6) is 0.306. The summed E-state index contributed by atoms with van der Waals surface area (Å²) in [6, 6.07) is 5.40. The Labute approximate surface area is 119 Å². The number of hydrogen-bond acceptors (Lipinski definition) is 1. The standard InChI is InChI=1S/C15H20Cl2O/c1-14(2)13(15(14,3)4)12(18)8-9-7-10(16)5-6-11(9)17/h5-7,12-13,18H,8H2,1-4H3. The van der Waals surface area contributed by atoms with E-state index < -0.39 is 0 Å². The number of hydrogen-bond donors (Lipinski definition) is 1. The van der Waals surface area contributed by atoms with Gasteiger partial charge in [0.1, 0.15) is 0 Å². The van der Waals surface area contributed by atoms with Crippen molar-refractivity contribution in [3.05, 3.63) is 33.8 Å². The predicted octanol–water partition coefficient (Wildman–Crippen LogP) is 4.58. The average molecular weight is 287 g/mol. The molecule has 1 aromatic rings. The van der Waals surface area contributed by atoms with Crippen LogP contribution in [-0.2, 0) is 6.42 Å². The van der Waals surface area contributed by atoms with Crippen molar-refractivity contribution in [3.8, 4) is 0 Å². The van der Waals surface area contributed by atoms with Gasteiger partial charge in [-0.1, -0.05) is 50.9 Å². The molecule has 1 saturated carbocycles. The summed E-state index contributed by atoms with van der Waals surface area (Å²) in [4.78, 5) is 0. The molecule has 2 rings (SSSR count). The Morgan fingerprint density at radius 2 is 1.72 bits per heavy atom. The van der Waals surface area contributed by atoms with E-state index in [-0.39, 0.29) is 16.9 Å². The molecule has 1 unspecified atom stereocenters. The summed E-state index contributed by atoms with van der Waals surface area (Å²) < 4.78 is 0. The summed E-state index contributed by atoms with van der Waals surface area (Å²) in [6.45, 7) is 8.84. The molecule has 3 heteroatoms. The van der Waals surface area contributed by atoms with Gasteiger partial charge in [0, 0.05) is 16.5 Å². The number of rotatable bonds is 3. The summed E-state index contributed by atoms with van der Waals surface area (Å²) in [7, 11) is 0. The van der Waals surface area contributed by atoms with Crippen molar-refractivity contribution in [2.75, 3.05) is 0 Å². The second kappa shape index (κ2) is 4.40. The van der Waals surface area contributed by atoms with Crippen LogP contribution in [0.3, 0.4) is 0 Å². The normalized spacial score (nSPS) is 22.8. The van der Waals surface area contributed by atoms with Crippen molar-refractivity contribution in [3.63, 3.8) is 0 Å². The van der Waals surface area contributed by atoms with E-state index in [2.05, 4.69) is 27.7 Å². The van der Waals surface area contributed by atoms with E-state index in [9.17, 15) is 5.11 Å². The van der Waals surface area contributed by atoms with Gasteiger partial charge in [-0.3, -0.25) is 0 Å². The Bertz CT molecular complexity index is 452. The molecule has 0 amide bonds. The average Bonchev–Trinajstić information content (AvgIpc) is 2.63. The molecule has 1 N–H and O–H groups in total. The molecule has 0 aliphatic heterocycles. The van der Waals surface area contributed by atoms with Crippen molar-refractivity contribution in [2.24, 2.45) is 16.7 Å². The number of aliphatic hydroxyl groups is 1. The fraction of sp³-hybridized carbons (Fsp3) is 0.600. The van der Waals surface area contributed by atoms with Gasteiger partial charge < -0.3 is 5.11 Å². The maximum absolute atomic E-state index is 10.4. The predicted molar refractivity (Wildman–Crippen MR) is 77.2 cm³/mol. The molecule has 1 nitrogen and oxygen atoms in total. The van der Waals surface area contributed by atoms with Crippen LogP contribution in [0.25, 0.3) is 0 Å². The molecule has 100 valence electrons. The third kappa shape index (κ3) is 2.17. The zero-order valence-corrected chi connectivity index (χ0v) is 12.8. The van der Waals surface area contributed by atoms with Crippen molar-refractivity contribution in [1.29, 1.82) is 0 Å². The zero-order chi connectivity index (χ0) is 13.7. The van der Waals surface area contributed by atoms with Crippen LogP contribution in [0.2, 0.25) is 10.0 Å². The largest absolute Gasteiger partial charge is 0.392 e. The fourth-order valence-electron chi connectivity index (χ4n) is 3.25. The van der Waals surface area contributed by atoms with E-state index in [0.29, 0.717) is 22.4 Å². The molecule has 0 radical (unpaired) electrons. The number of halogens is 2. The lowest BCUT2D eigenvalue weighted by Crippen LogP contribution is -2.17. The second-order valence-corrected chi connectivity index (χ2v) is 7.27. The maximum Gasteiger partial charge on any atom is 0.0619 e. The van der Waals surface area contributed by atoms with E-state index in [1.807, 2.05) is 6.07 Å². The van der Waals surface area contributed by atoms with E-state index in [1.54, 1.807) is 12.1 Å². The van der Waals surface area contributed by atoms with Crippen molar-refractivity contribution in [2.45, 2.75) is 40.2 Å². The van der Waals surface area contributed by atoms with Gasteiger partial charge in [-0.2, -0.15) is 0 Å². The molecule has 1 aromatic carbocycles. The third-order valence-corrected chi connectivity index (χ3v) is 5.56. The summed E-state index contributed by atoms with van der Waals surface area (Å²) in [6.07, 6.45) is 0.197. The Hall–Kier alpha value is -0.240. The molecular weight excluding hydrogens is 267 g/mol. The SMILES string of the molecule is CC1(C)C(C(O)Cc2cc(Cl)ccc2Cl)C1(C)C. The lowest BCUT2D eigenvalue weighted by atomic mass is 9.99. The highest BCUT2D eigenvalue weighted by molar-refractivity contribution is 6.33. The molecule has 0 heterocycles. The minimum Gasteiger partial charge on any atom is -0.392 e. The first kappa shape index (κ1) is 14.2. The molecule has 1 aliphatic rings. The highest BCUT2D eigenvalue weighted by atomic mass is 35.5. The Kier molecular flexibility index (Phi) is 3.46. The topological polar surface area (TPSA) is 20.2 Å². The molecule has 1 aliphatic carbocycles. The molecule has 0 spiro atoms. The molecule has 1 fully saturated rings. The van der Waals surface area contributed by atoms with Crippen LogP contribution in [-0.4, -0.2) is 11.2 Å². The lowest BCUT2D eigenvalue weighted by Gasteiger charge is -2.14. The van der Waals surface area contributed by atoms with Gasteiger partial charge in [-0.05, 0) is 40.5 Å². The van der Waals surface area contributed by atoms with Gasteiger partial charge >= 0.3 is 0 Å². The van der Waals surface area contributed by atoms with Crippen LogP contribution in [0.15, 0.2) is 18.2 Å². The van der Waals surface area contributed by atoms with Crippen LogP contribution in [0.4, 0.5) is 0 Å². The van der Waals surface area contributed by atoms with Crippen LogP contribution in [0.1, 0.15) is 33.3 Å². The van der Waals surface area contributed by atoms with Gasteiger partial charge in [-0.25, -0.2) is 0 Å². The minimum absolute atomic E-state index is 0.178. The first-order valence-electron chi connectivity index (χ1n) is 6.30. The van der Waals surface area contributed by atoms with E-state index >= 15 is 0 Å². The Morgan fingerprint density at radius 3 is 2.22 bits per heavy atom. The van der Waals surface area contributed by atoms with Crippen molar-refractivity contribution >= 4 is 23.2 Å². The number of benzene rings is 1. The van der Waals surface area contributed by atoms with Crippen LogP contribution in [0.5, 0.6) is 0 Å². The van der Waals surface area contributed by atoms with E-state index in [0.717, 1.165) is 5.56 Å². The maximum atomic E-state index is 10.4. The summed E-state index contributed by atoms with van der Waals surface area (Å²) in [5.41, 5.74) is 1.28. The number of aliphatic hydroxyl groups excluding tert-OH is 1. The van der Waals surface area contributed by atoms with E-state index in [4.69, 9.17) is 23.2 Å². The molecule has 0 saturated heterocycles. The summed E-state index contributed by atoms with van der Waals surface area (Å²) >= 11 is 12.1. The van der Waals surface area contributed by atoms with Gasteiger partial charge in [0.2, 0.25) is 0 Å². The first-order chi connectivity index (χ1) is 8.18. The third-order valence-electron chi connectivity index (χ3n) is 4.95. The van der Waals surface area contributed by atoms with Crippen LogP contribution >= 0.6 is 23.2 Å². The summed E-state index contributed by atoms with van der Waals surface area (Å²) in [5, 5.41) is 11.8. The highest BCUT2D eigenvalue weighted by Gasteiger charge is 2.66. The van der Waals surface area contributed by atoms with Gasteiger partial charge in [0.05, 0.1) is 6.10 Å². The molecule has 1 atom stereocenters. The highest BCUT2D eigenvalue weighted by Crippen LogP contribution is 2.69. The smallest absolute Gasteiger partial charge is 0.0619 e. The van der Waals surface area contributed by atoms with Crippen molar-refractivity contribution in [1.82, 2.24) is 0 Å². The quantitative estimate of drug-likeness (QED) is 0.862. The van der Waals surface area contributed by atoms with E-state index in [1.165, 1.54) is 0 Å². The molecule has 0 aromatic heterocycles. The van der Waals surface area contributed by atoms with Crippen LogP contribution in [0, 0.1) is 16.7 Å². The van der Waals surface area contributed by atoms with Gasteiger partial charge in [-0.15, -0.1) is 0 Å². The van der Waals surface area contributed by atoms with Crippen LogP contribution < -0.4 is 0 Å². The van der Waals surface area contributed by atoms with Gasteiger partial charge in [0.25, 0.3) is 0 Å². The Morgan fingerprint density at radius 1 is 1.17 bits per heavy atom. The van der Waals surface area contributed by atoms with Gasteiger partial charge in [0.15, 0.2) is 0 Å². The minimum atomic E-state index is -0.369. The second-order valence-electron chi connectivity index (χ2n) is 6.43. The lowest BCUT2D eigenvalue weighted by molar-refractivity contribution is 0.129.